The molecule has 1 aliphatic rings. The zero-order valence-electron chi connectivity index (χ0n) is 11.6. The third kappa shape index (κ3) is 3.83. The smallest absolute Gasteiger partial charge is 0.251 e. The van der Waals surface area contributed by atoms with Gasteiger partial charge in [-0.2, -0.15) is 0 Å². The van der Waals surface area contributed by atoms with Gasteiger partial charge in [0, 0.05) is 24.2 Å². The number of ether oxygens (including phenoxy) is 1. The second kappa shape index (κ2) is 6.56. The Balaban J connectivity index is 1.99. The van der Waals surface area contributed by atoms with E-state index in [0.717, 1.165) is 12.0 Å². The normalized spacial score (nSPS) is 21.1. The van der Waals surface area contributed by atoms with Crippen LogP contribution in [0, 0.1) is 11.8 Å². The maximum atomic E-state index is 12.1. The molecule has 1 aromatic carbocycles. The number of rotatable bonds is 3. The van der Waals surface area contributed by atoms with Crippen LogP contribution in [0.1, 0.15) is 35.7 Å². The quantitative estimate of drug-likeness (QED) is 0.817. The Morgan fingerprint density at radius 1 is 1.45 bits per heavy atom. The first-order valence-electron chi connectivity index (χ1n) is 6.73. The van der Waals surface area contributed by atoms with Crippen molar-refractivity contribution in [1.29, 1.82) is 0 Å². The highest BCUT2D eigenvalue weighted by molar-refractivity contribution is 5.94. The van der Waals surface area contributed by atoms with Crippen molar-refractivity contribution in [2.45, 2.75) is 25.3 Å². The van der Waals surface area contributed by atoms with Gasteiger partial charge < -0.3 is 15.2 Å². The Morgan fingerprint density at radius 2 is 2.20 bits per heavy atom. The molecule has 1 heterocycles. The number of hydrogen-bond acceptors (Lipinski definition) is 3. The van der Waals surface area contributed by atoms with Crippen LogP contribution in [0.3, 0.4) is 0 Å². The van der Waals surface area contributed by atoms with Crippen LogP contribution < -0.4 is 5.32 Å². The molecule has 0 aromatic heterocycles. The fourth-order valence-corrected chi connectivity index (χ4v) is 2.04. The maximum absolute atomic E-state index is 12.1. The monoisotopic (exact) mass is 273 g/mol. The van der Waals surface area contributed by atoms with Gasteiger partial charge in [0.2, 0.25) is 0 Å². The molecule has 4 nitrogen and oxygen atoms in total. The lowest BCUT2D eigenvalue weighted by molar-refractivity contribution is 0.0890. The number of aliphatic hydroxyl groups excluding tert-OH is 1. The Morgan fingerprint density at radius 3 is 2.80 bits per heavy atom. The van der Waals surface area contributed by atoms with Crippen molar-refractivity contribution in [2.24, 2.45) is 0 Å². The largest absolute Gasteiger partial charge is 0.395 e. The van der Waals surface area contributed by atoms with E-state index in [0.29, 0.717) is 25.2 Å². The zero-order chi connectivity index (χ0) is 14.4. The Kier molecular flexibility index (Phi) is 4.78. The lowest BCUT2D eigenvalue weighted by atomic mass is 10.0. The SMILES string of the molecule is CC1(NC(=O)c2ccc(C#CCCO)cc2)CCOC1. The summed E-state index contributed by atoms with van der Waals surface area (Å²) in [5, 5.41) is 11.7. The highest BCUT2D eigenvalue weighted by atomic mass is 16.5. The van der Waals surface area contributed by atoms with E-state index in [-0.39, 0.29) is 18.1 Å². The molecule has 1 amide bonds. The van der Waals surface area contributed by atoms with Gasteiger partial charge in [-0.25, -0.2) is 0 Å². The van der Waals surface area contributed by atoms with Crippen molar-refractivity contribution in [3.8, 4) is 11.8 Å². The average molecular weight is 273 g/mol. The Bertz CT molecular complexity index is 519. The van der Waals surface area contributed by atoms with Gasteiger partial charge >= 0.3 is 0 Å². The minimum Gasteiger partial charge on any atom is -0.395 e. The molecule has 106 valence electrons. The van der Waals surface area contributed by atoms with Gasteiger partial charge in [0.15, 0.2) is 0 Å². The molecule has 20 heavy (non-hydrogen) atoms. The first-order chi connectivity index (χ1) is 9.63. The van der Waals surface area contributed by atoms with Gasteiger partial charge in [-0.15, -0.1) is 0 Å². The molecule has 1 saturated heterocycles. The fraction of sp³-hybridized carbons (Fsp3) is 0.438. The maximum Gasteiger partial charge on any atom is 0.251 e. The van der Waals surface area contributed by atoms with Crippen LogP contribution in [-0.4, -0.2) is 36.4 Å². The second-order valence-corrected chi connectivity index (χ2v) is 5.17. The van der Waals surface area contributed by atoms with Gasteiger partial charge in [-0.1, -0.05) is 11.8 Å². The molecule has 1 aliphatic heterocycles. The van der Waals surface area contributed by atoms with Crippen molar-refractivity contribution < 1.29 is 14.6 Å². The number of carbonyl (C=O) groups is 1. The summed E-state index contributed by atoms with van der Waals surface area (Å²) in [6, 6.07) is 7.15. The van der Waals surface area contributed by atoms with Crippen LogP contribution in [0.15, 0.2) is 24.3 Å². The van der Waals surface area contributed by atoms with E-state index in [9.17, 15) is 4.79 Å². The fourth-order valence-electron chi connectivity index (χ4n) is 2.04. The van der Waals surface area contributed by atoms with E-state index in [4.69, 9.17) is 9.84 Å². The Hall–Kier alpha value is -1.83. The molecule has 4 heteroatoms. The van der Waals surface area contributed by atoms with Crippen LogP contribution in [0.2, 0.25) is 0 Å². The summed E-state index contributed by atoms with van der Waals surface area (Å²) >= 11 is 0. The van der Waals surface area contributed by atoms with Crippen molar-refractivity contribution in [3.05, 3.63) is 35.4 Å². The molecule has 2 rings (SSSR count). The minimum absolute atomic E-state index is 0.0636. The number of carbonyl (C=O) groups excluding carboxylic acids is 1. The van der Waals surface area contributed by atoms with Gasteiger partial charge in [0.25, 0.3) is 5.91 Å². The van der Waals surface area contributed by atoms with Gasteiger partial charge in [-0.3, -0.25) is 4.79 Å². The van der Waals surface area contributed by atoms with Crippen LogP contribution in [-0.2, 0) is 4.74 Å². The molecule has 1 aromatic rings. The predicted molar refractivity (Wildman–Crippen MR) is 76.3 cm³/mol. The first-order valence-corrected chi connectivity index (χ1v) is 6.73. The van der Waals surface area contributed by atoms with Crippen molar-refractivity contribution in [2.75, 3.05) is 19.8 Å². The van der Waals surface area contributed by atoms with E-state index in [1.807, 2.05) is 19.1 Å². The summed E-state index contributed by atoms with van der Waals surface area (Å²) in [7, 11) is 0. The zero-order valence-corrected chi connectivity index (χ0v) is 11.6. The van der Waals surface area contributed by atoms with E-state index < -0.39 is 0 Å². The predicted octanol–water partition coefficient (Wildman–Crippen LogP) is 1.33. The summed E-state index contributed by atoms with van der Waals surface area (Å²) in [6.45, 7) is 3.31. The van der Waals surface area contributed by atoms with Crippen molar-refractivity contribution >= 4 is 5.91 Å². The third-order valence-corrected chi connectivity index (χ3v) is 3.25. The third-order valence-electron chi connectivity index (χ3n) is 3.25. The van der Waals surface area contributed by atoms with Gasteiger partial charge in [-0.05, 0) is 37.6 Å². The molecule has 0 aliphatic carbocycles. The Labute approximate surface area is 119 Å². The molecule has 2 N–H and O–H groups in total. The number of nitrogens with one attached hydrogen (secondary N) is 1. The van der Waals surface area contributed by atoms with E-state index >= 15 is 0 Å². The summed E-state index contributed by atoms with van der Waals surface area (Å²) in [5.74, 6) is 5.69. The number of amides is 1. The van der Waals surface area contributed by atoms with Crippen LogP contribution >= 0.6 is 0 Å². The molecule has 0 spiro atoms. The summed E-state index contributed by atoms with van der Waals surface area (Å²) in [5.41, 5.74) is 1.19. The highest BCUT2D eigenvalue weighted by Gasteiger charge is 2.31. The standard InChI is InChI=1S/C16H19NO3/c1-16(9-11-20-12-16)17-15(19)14-7-5-13(6-8-14)4-2-3-10-18/h5-8,18H,3,9-12H2,1H3,(H,17,19). The molecule has 0 saturated carbocycles. The molecular formula is C16H19NO3. The summed E-state index contributed by atoms with van der Waals surface area (Å²) in [6.07, 6.45) is 1.30. The van der Waals surface area contributed by atoms with Gasteiger partial charge in [0.05, 0.1) is 18.8 Å². The average Bonchev–Trinajstić information content (AvgIpc) is 2.86. The van der Waals surface area contributed by atoms with E-state index in [1.165, 1.54) is 0 Å². The topological polar surface area (TPSA) is 58.6 Å². The van der Waals surface area contributed by atoms with Crippen LogP contribution in [0.25, 0.3) is 0 Å². The lowest BCUT2D eigenvalue weighted by Gasteiger charge is -2.23. The number of hydrogen-bond donors (Lipinski definition) is 2. The number of benzene rings is 1. The van der Waals surface area contributed by atoms with Crippen molar-refractivity contribution in [3.63, 3.8) is 0 Å². The second-order valence-electron chi connectivity index (χ2n) is 5.17. The summed E-state index contributed by atoms with van der Waals surface area (Å²) in [4.78, 5) is 12.1. The summed E-state index contributed by atoms with van der Waals surface area (Å²) < 4.78 is 5.32. The lowest BCUT2D eigenvalue weighted by Crippen LogP contribution is -2.46. The molecular weight excluding hydrogens is 254 g/mol. The van der Waals surface area contributed by atoms with Gasteiger partial charge in [0.1, 0.15) is 0 Å². The van der Waals surface area contributed by atoms with Crippen molar-refractivity contribution in [1.82, 2.24) is 5.32 Å². The van der Waals surface area contributed by atoms with E-state index in [2.05, 4.69) is 17.2 Å². The van der Waals surface area contributed by atoms with Crippen LogP contribution in [0.4, 0.5) is 0 Å². The first kappa shape index (κ1) is 14.6. The molecule has 1 atom stereocenters. The number of aliphatic hydroxyl groups is 1. The van der Waals surface area contributed by atoms with Crippen LogP contribution in [0.5, 0.6) is 0 Å². The minimum atomic E-state index is -0.267. The molecule has 0 radical (unpaired) electrons. The highest BCUT2D eigenvalue weighted by Crippen LogP contribution is 2.18. The van der Waals surface area contributed by atoms with E-state index in [1.54, 1.807) is 12.1 Å². The molecule has 1 unspecified atom stereocenters. The molecule has 0 bridgehead atoms. The molecule has 1 fully saturated rings.